The molecular formula is C16H20N4O2. The van der Waals surface area contributed by atoms with Gasteiger partial charge in [0.25, 0.3) is 11.8 Å². The van der Waals surface area contributed by atoms with E-state index >= 15 is 0 Å². The second kappa shape index (κ2) is 6.01. The van der Waals surface area contributed by atoms with Gasteiger partial charge < -0.3 is 11.1 Å². The second-order valence-electron chi connectivity index (χ2n) is 5.58. The van der Waals surface area contributed by atoms with Crippen molar-refractivity contribution in [1.29, 1.82) is 0 Å². The van der Waals surface area contributed by atoms with Gasteiger partial charge in [0.2, 0.25) is 0 Å². The number of benzene rings is 1. The number of aryl methyl sites for hydroxylation is 1. The van der Waals surface area contributed by atoms with Crippen molar-refractivity contribution in [2.45, 2.75) is 33.6 Å². The summed E-state index contributed by atoms with van der Waals surface area (Å²) in [5, 5.41) is 9.45. The smallest absolute Gasteiger partial charge is 0.271 e. The van der Waals surface area contributed by atoms with E-state index in [9.17, 15) is 9.59 Å². The number of carbonyl (C=O) groups is 2. The average Bonchev–Trinajstić information content (AvgIpc) is 2.85. The van der Waals surface area contributed by atoms with E-state index in [0.717, 1.165) is 11.1 Å². The number of anilines is 1. The molecule has 0 aliphatic heterocycles. The molecule has 6 heteroatoms. The van der Waals surface area contributed by atoms with Crippen LogP contribution in [0.5, 0.6) is 0 Å². The summed E-state index contributed by atoms with van der Waals surface area (Å²) in [4.78, 5) is 24.0. The molecule has 2 rings (SSSR count). The summed E-state index contributed by atoms with van der Waals surface area (Å²) in [6.07, 6.45) is 0. The van der Waals surface area contributed by atoms with Crippen LogP contribution < -0.4 is 11.1 Å². The lowest BCUT2D eigenvalue weighted by Crippen LogP contribution is -2.19. The summed E-state index contributed by atoms with van der Waals surface area (Å²) < 4.78 is 0. The summed E-state index contributed by atoms with van der Waals surface area (Å²) >= 11 is 0. The molecule has 0 aliphatic rings. The second-order valence-corrected chi connectivity index (χ2v) is 5.58. The number of H-pyrrole nitrogens is 1. The quantitative estimate of drug-likeness (QED) is 0.808. The standard InChI is InChI=1S/C16H20N4O2/c1-8(2)12-13(14(15(17)21)20-19-12)18-16(22)11-7-5-6-9(3)10(11)4/h5-8H,1-4H3,(H2,17,21)(H,18,22)(H,19,20). The van der Waals surface area contributed by atoms with E-state index in [1.165, 1.54) is 0 Å². The van der Waals surface area contributed by atoms with Gasteiger partial charge in [0, 0.05) is 5.56 Å². The number of aromatic nitrogens is 2. The van der Waals surface area contributed by atoms with Crippen molar-refractivity contribution >= 4 is 17.5 Å². The first-order valence-electron chi connectivity index (χ1n) is 7.08. The maximum absolute atomic E-state index is 12.5. The summed E-state index contributed by atoms with van der Waals surface area (Å²) in [5.41, 5.74) is 8.88. The van der Waals surface area contributed by atoms with Gasteiger partial charge in [0.1, 0.15) is 0 Å². The Kier molecular flexibility index (Phi) is 4.30. The number of aromatic amines is 1. The molecule has 1 heterocycles. The first kappa shape index (κ1) is 15.8. The van der Waals surface area contributed by atoms with Crippen molar-refractivity contribution in [3.8, 4) is 0 Å². The van der Waals surface area contributed by atoms with Crippen LogP contribution in [0.4, 0.5) is 5.69 Å². The Morgan fingerprint density at radius 3 is 2.55 bits per heavy atom. The SMILES string of the molecule is Cc1cccc(C(=O)Nc2c(C(N)=O)n[nH]c2C(C)C)c1C. The van der Waals surface area contributed by atoms with Crippen LogP contribution in [-0.4, -0.2) is 22.0 Å². The van der Waals surface area contributed by atoms with Gasteiger partial charge in [-0.05, 0) is 37.0 Å². The van der Waals surface area contributed by atoms with Gasteiger partial charge in [0.05, 0.1) is 11.4 Å². The van der Waals surface area contributed by atoms with Crippen LogP contribution >= 0.6 is 0 Å². The lowest BCUT2D eigenvalue weighted by Gasteiger charge is -2.12. The first-order valence-corrected chi connectivity index (χ1v) is 7.08. The maximum atomic E-state index is 12.5. The van der Waals surface area contributed by atoms with E-state index in [1.807, 2.05) is 39.8 Å². The largest absolute Gasteiger partial charge is 0.364 e. The van der Waals surface area contributed by atoms with Crippen LogP contribution in [0.3, 0.4) is 0 Å². The Morgan fingerprint density at radius 2 is 1.95 bits per heavy atom. The summed E-state index contributed by atoms with van der Waals surface area (Å²) in [7, 11) is 0. The minimum Gasteiger partial charge on any atom is -0.364 e. The molecule has 0 saturated carbocycles. The summed E-state index contributed by atoms with van der Waals surface area (Å²) in [6.45, 7) is 7.70. The predicted octanol–water partition coefficient (Wildman–Crippen LogP) is 2.50. The van der Waals surface area contributed by atoms with Crippen LogP contribution in [0.25, 0.3) is 0 Å². The molecule has 6 nitrogen and oxygen atoms in total. The first-order chi connectivity index (χ1) is 10.3. The summed E-state index contributed by atoms with van der Waals surface area (Å²) in [6, 6.07) is 5.51. The van der Waals surface area contributed by atoms with E-state index in [0.29, 0.717) is 16.9 Å². The molecule has 0 fully saturated rings. The van der Waals surface area contributed by atoms with Gasteiger partial charge in [-0.3, -0.25) is 14.7 Å². The fourth-order valence-corrected chi connectivity index (χ4v) is 2.26. The van der Waals surface area contributed by atoms with E-state index in [4.69, 9.17) is 5.73 Å². The normalized spacial score (nSPS) is 10.8. The third-order valence-corrected chi connectivity index (χ3v) is 3.69. The van der Waals surface area contributed by atoms with Crippen LogP contribution in [0.2, 0.25) is 0 Å². The molecule has 0 bridgehead atoms. The number of amides is 2. The van der Waals surface area contributed by atoms with E-state index in [1.54, 1.807) is 6.07 Å². The lowest BCUT2D eigenvalue weighted by atomic mass is 10.0. The zero-order valence-electron chi connectivity index (χ0n) is 13.2. The molecule has 22 heavy (non-hydrogen) atoms. The molecule has 1 aromatic carbocycles. The molecular weight excluding hydrogens is 280 g/mol. The number of hydrogen-bond acceptors (Lipinski definition) is 3. The third kappa shape index (κ3) is 2.86. The van der Waals surface area contributed by atoms with Crippen molar-refractivity contribution < 1.29 is 9.59 Å². The van der Waals surface area contributed by atoms with Crippen LogP contribution in [-0.2, 0) is 0 Å². The molecule has 2 aromatic rings. The predicted molar refractivity (Wildman–Crippen MR) is 85.1 cm³/mol. The van der Waals surface area contributed by atoms with Gasteiger partial charge in [-0.15, -0.1) is 0 Å². The average molecular weight is 300 g/mol. The zero-order valence-corrected chi connectivity index (χ0v) is 13.2. The highest BCUT2D eigenvalue weighted by Gasteiger charge is 2.22. The van der Waals surface area contributed by atoms with Crippen molar-refractivity contribution in [3.63, 3.8) is 0 Å². The molecule has 0 atom stereocenters. The maximum Gasteiger partial charge on any atom is 0.271 e. The number of nitrogens with zero attached hydrogens (tertiary/aromatic N) is 1. The molecule has 0 saturated heterocycles. The molecule has 2 amide bonds. The fraction of sp³-hybridized carbons (Fsp3) is 0.312. The lowest BCUT2D eigenvalue weighted by molar-refractivity contribution is 0.0996. The molecule has 116 valence electrons. The number of primary amides is 1. The number of nitrogens with two attached hydrogens (primary N) is 1. The number of nitrogens with one attached hydrogen (secondary N) is 2. The van der Waals surface area contributed by atoms with Gasteiger partial charge >= 0.3 is 0 Å². The number of carbonyl (C=O) groups excluding carboxylic acids is 2. The van der Waals surface area contributed by atoms with Gasteiger partial charge in [-0.25, -0.2) is 0 Å². The van der Waals surface area contributed by atoms with Gasteiger partial charge in [0.15, 0.2) is 5.69 Å². The molecule has 0 radical (unpaired) electrons. The highest BCUT2D eigenvalue weighted by molar-refractivity contribution is 6.09. The van der Waals surface area contributed by atoms with E-state index in [2.05, 4.69) is 15.5 Å². The summed E-state index contributed by atoms with van der Waals surface area (Å²) in [5.74, 6) is -0.902. The van der Waals surface area contributed by atoms with Gasteiger partial charge in [-0.2, -0.15) is 5.10 Å². The molecule has 0 spiro atoms. The van der Waals surface area contributed by atoms with E-state index in [-0.39, 0.29) is 17.5 Å². The number of rotatable bonds is 4. The minimum atomic E-state index is -0.681. The fourth-order valence-electron chi connectivity index (χ4n) is 2.26. The molecule has 0 aliphatic carbocycles. The highest BCUT2D eigenvalue weighted by atomic mass is 16.2. The molecule has 4 N–H and O–H groups in total. The Labute approximate surface area is 129 Å². The van der Waals surface area contributed by atoms with E-state index < -0.39 is 5.91 Å². The van der Waals surface area contributed by atoms with Crippen molar-refractivity contribution in [2.75, 3.05) is 5.32 Å². The minimum absolute atomic E-state index is 0.0438. The number of hydrogen-bond donors (Lipinski definition) is 3. The Bertz CT molecular complexity index is 732. The topological polar surface area (TPSA) is 101 Å². The van der Waals surface area contributed by atoms with Crippen molar-refractivity contribution in [3.05, 3.63) is 46.3 Å². The van der Waals surface area contributed by atoms with Crippen molar-refractivity contribution in [2.24, 2.45) is 5.73 Å². The highest BCUT2D eigenvalue weighted by Crippen LogP contribution is 2.26. The van der Waals surface area contributed by atoms with Crippen LogP contribution in [0.1, 0.15) is 57.4 Å². The zero-order chi connectivity index (χ0) is 16.4. The van der Waals surface area contributed by atoms with Gasteiger partial charge in [-0.1, -0.05) is 26.0 Å². The molecule has 1 aromatic heterocycles. The molecule has 0 unspecified atom stereocenters. The van der Waals surface area contributed by atoms with Crippen LogP contribution in [0.15, 0.2) is 18.2 Å². The Hall–Kier alpha value is -2.63. The van der Waals surface area contributed by atoms with Crippen LogP contribution in [0, 0.1) is 13.8 Å². The Morgan fingerprint density at radius 1 is 1.27 bits per heavy atom. The van der Waals surface area contributed by atoms with Crippen molar-refractivity contribution in [1.82, 2.24) is 10.2 Å². The Balaban J connectivity index is 2.42. The monoisotopic (exact) mass is 300 g/mol. The third-order valence-electron chi connectivity index (χ3n) is 3.69.